The molecular formula is C12H9Br2N3O2. The number of phenols is 1. The molecule has 0 spiro atoms. The molecule has 19 heavy (non-hydrogen) atoms. The average Bonchev–Trinajstić information content (AvgIpc) is 2.35. The van der Waals surface area contributed by atoms with Crippen LogP contribution in [0.4, 0.5) is 5.82 Å². The molecule has 1 aromatic carbocycles. The lowest BCUT2D eigenvalue weighted by Crippen LogP contribution is -2.14. The van der Waals surface area contributed by atoms with Gasteiger partial charge in [0.2, 0.25) is 0 Å². The monoisotopic (exact) mass is 385 g/mol. The predicted octanol–water partition coefficient (Wildman–Crippen LogP) is 3.27. The van der Waals surface area contributed by atoms with Crippen molar-refractivity contribution in [3.8, 4) is 5.75 Å². The maximum atomic E-state index is 12.1. The van der Waals surface area contributed by atoms with Gasteiger partial charge in [-0.25, -0.2) is 9.97 Å². The van der Waals surface area contributed by atoms with Crippen LogP contribution >= 0.6 is 31.9 Å². The van der Waals surface area contributed by atoms with Crippen molar-refractivity contribution in [2.24, 2.45) is 0 Å². The number of hydrogen-bond acceptors (Lipinski definition) is 4. The number of carbonyl (C=O) groups is 1. The minimum absolute atomic E-state index is 0.0794. The molecule has 5 nitrogen and oxygen atoms in total. The summed E-state index contributed by atoms with van der Waals surface area (Å²) in [6, 6.07) is 4.80. The van der Waals surface area contributed by atoms with Crippen LogP contribution < -0.4 is 5.32 Å². The summed E-state index contributed by atoms with van der Waals surface area (Å²) in [5.74, 6) is -0.239. The number of carbonyl (C=O) groups excluding carboxylic acids is 1. The Balaban J connectivity index is 2.28. The molecule has 7 heteroatoms. The van der Waals surface area contributed by atoms with E-state index in [-0.39, 0.29) is 17.1 Å². The summed E-state index contributed by atoms with van der Waals surface area (Å²) in [5, 5.41) is 12.3. The highest BCUT2D eigenvalue weighted by atomic mass is 79.9. The van der Waals surface area contributed by atoms with E-state index >= 15 is 0 Å². The Morgan fingerprint density at radius 3 is 2.79 bits per heavy atom. The first kappa shape index (κ1) is 14.0. The third kappa shape index (κ3) is 3.30. The quantitative estimate of drug-likeness (QED) is 0.830. The van der Waals surface area contributed by atoms with Gasteiger partial charge in [-0.3, -0.25) is 4.79 Å². The van der Waals surface area contributed by atoms with Gasteiger partial charge >= 0.3 is 0 Å². The van der Waals surface area contributed by atoms with Crippen molar-refractivity contribution in [3.63, 3.8) is 0 Å². The number of hydrogen-bond donors (Lipinski definition) is 2. The van der Waals surface area contributed by atoms with E-state index in [4.69, 9.17) is 0 Å². The Hall–Kier alpha value is -1.47. The third-order valence-corrected chi connectivity index (χ3v) is 3.26. The second-order valence-corrected chi connectivity index (χ2v) is 5.37. The zero-order valence-corrected chi connectivity index (χ0v) is 13.0. The number of halogens is 2. The molecule has 0 saturated heterocycles. The van der Waals surface area contributed by atoms with E-state index in [1.54, 1.807) is 12.1 Å². The van der Waals surface area contributed by atoms with Crippen LogP contribution in [0, 0.1) is 6.92 Å². The second-order valence-electron chi connectivity index (χ2n) is 3.81. The molecule has 0 radical (unpaired) electrons. The fourth-order valence-electron chi connectivity index (χ4n) is 1.44. The van der Waals surface area contributed by atoms with E-state index < -0.39 is 5.91 Å². The molecule has 0 atom stereocenters. The topological polar surface area (TPSA) is 75.1 Å². The molecule has 0 saturated carbocycles. The minimum atomic E-state index is -0.446. The summed E-state index contributed by atoms with van der Waals surface area (Å²) < 4.78 is 0.957. The number of amides is 1. The maximum absolute atomic E-state index is 12.1. The van der Waals surface area contributed by atoms with Gasteiger partial charge in [-0.2, -0.15) is 0 Å². The fourth-order valence-corrected chi connectivity index (χ4v) is 2.35. The number of benzene rings is 1. The highest BCUT2D eigenvalue weighted by Crippen LogP contribution is 2.23. The fraction of sp³-hybridized carbons (Fsp3) is 0.0833. The van der Waals surface area contributed by atoms with Crippen molar-refractivity contribution < 1.29 is 9.90 Å². The van der Waals surface area contributed by atoms with Crippen molar-refractivity contribution in [2.75, 3.05) is 5.32 Å². The molecule has 1 amide bonds. The van der Waals surface area contributed by atoms with Crippen molar-refractivity contribution in [1.29, 1.82) is 0 Å². The van der Waals surface area contributed by atoms with Gasteiger partial charge in [0.15, 0.2) is 5.82 Å². The van der Waals surface area contributed by atoms with Crippen LogP contribution in [-0.2, 0) is 0 Å². The van der Waals surface area contributed by atoms with Crippen molar-refractivity contribution in [2.45, 2.75) is 6.92 Å². The van der Waals surface area contributed by atoms with Crippen molar-refractivity contribution in [3.05, 3.63) is 44.7 Å². The third-order valence-electron chi connectivity index (χ3n) is 2.33. The summed E-state index contributed by atoms with van der Waals surface area (Å²) >= 11 is 6.37. The van der Waals surface area contributed by atoms with Crippen molar-refractivity contribution >= 4 is 43.6 Å². The van der Waals surface area contributed by atoms with Crippen LogP contribution in [0.3, 0.4) is 0 Å². The number of aryl methyl sites for hydroxylation is 1. The van der Waals surface area contributed by atoms with E-state index in [0.29, 0.717) is 9.21 Å². The molecule has 0 aliphatic heterocycles. The zero-order valence-electron chi connectivity index (χ0n) is 9.82. The van der Waals surface area contributed by atoms with Crippen LogP contribution in [-0.4, -0.2) is 21.0 Å². The van der Waals surface area contributed by atoms with Gasteiger partial charge in [-0.1, -0.05) is 11.6 Å². The molecule has 1 heterocycles. The number of anilines is 1. The molecule has 2 aromatic rings. The molecule has 0 aliphatic rings. The summed E-state index contributed by atoms with van der Waals surface area (Å²) in [7, 11) is 0. The lowest BCUT2D eigenvalue weighted by molar-refractivity contribution is 0.102. The lowest BCUT2D eigenvalue weighted by Gasteiger charge is -2.08. The smallest absolute Gasteiger partial charge is 0.260 e. The predicted molar refractivity (Wildman–Crippen MR) is 78.2 cm³/mol. The summed E-state index contributed by atoms with van der Waals surface area (Å²) in [6.45, 7) is 1.84. The Labute approximate surface area is 126 Å². The molecule has 2 rings (SSSR count). The lowest BCUT2D eigenvalue weighted by atomic mass is 10.1. The zero-order chi connectivity index (χ0) is 14.0. The second kappa shape index (κ2) is 5.66. The first-order valence-corrected chi connectivity index (χ1v) is 6.85. The minimum Gasteiger partial charge on any atom is -0.507 e. The van der Waals surface area contributed by atoms with Crippen LogP contribution in [0.5, 0.6) is 5.75 Å². The highest BCUT2D eigenvalue weighted by Gasteiger charge is 2.14. The standard InChI is InChI=1S/C12H9Br2N3O2/c1-6-2-3-8(18)7(4-6)12(19)17-11-10(14)16-9(13)5-15-11/h2-5,18H,1H3,(H,15,17,19). The van der Waals surface area contributed by atoms with Gasteiger partial charge in [-0.05, 0) is 50.9 Å². The van der Waals surface area contributed by atoms with Gasteiger partial charge < -0.3 is 10.4 Å². The van der Waals surface area contributed by atoms with Gasteiger partial charge in [0.25, 0.3) is 5.91 Å². The first-order chi connectivity index (χ1) is 8.97. The molecule has 2 N–H and O–H groups in total. The Kier molecular flexibility index (Phi) is 4.16. The number of rotatable bonds is 2. The number of nitrogens with zero attached hydrogens (tertiary/aromatic N) is 2. The van der Waals surface area contributed by atoms with Gasteiger partial charge in [0.05, 0.1) is 11.8 Å². The molecule has 1 aromatic heterocycles. The normalized spacial score (nSPS) is 10.3. The molecule has 98 valence electrons. The van der Waals surface area contributed by atoms with E-state index in [1.807, 2.05) is 6.92 Å². The molecule has 0 unspecified atom stereocenters. The van der Waals surface area contributed by atoms with Crippen LogP contribution in [0.15, 0.2) is 33.6 Å². The Morgan fingerprint density at radius 1 is 1.37 bits per heavy atom. The molecule has 0 aliphatic carbocycles. The van der Waals surface area contributed by atoms with E-state index in [1.165, 1.54) is 12.3 Å². The SMILES string of the molecule is Cc1ccc(O)c(C(=O)Nc2ncc(Br)nc2Br)c1. The number of aromatic hydroxyl groups is 1. The Bertz CT molecular complexity index is 647. The Morgan fingerprint density at radius 2 is 2.11 bits per heavy atom. The van der Waals surface area contributed by atoms with E-state index in [9.17, 15) is 9.90 Å². The van der Waals surface area contributed by atoms with Crippen molar-refractivity contribution in [1.82, 2.24) is 9.97 Å². The number of aromatic nitrogens is 2. The summed E-state index contributed by atoms with van der Waals surface area (Å²) in [5.41, 5.74) is 1.07. The first-order valence-electron chi connectivity index (χ1n) is 5.26. The number of nitrogens with one attached hydrogen (secondary N) is 1. The van der Waals surface area contributed by atoms with Gasteiger partial charge in [0, 0.05) is 0 Å². The van der Waals surface area contributed by atoms with E-state index in [2.05, 4.69) is 47.1 Å². The largest absolute Gasteiger partial charge is 0.507 e. The van der Waals surface area contributed by atoms with E-state index in [0.717, 1.165) is 5.56 Å². The molecule has 0 fully saturated rings. The van der Waals surface area contributed by atoms with Gasteiger partial charge in [0.1, 0.15) is 15.0 Å². The molecular weight excluding hydrogens is 378 g/mol. The average molecular weight is 387 g/mol. The van der Waals surface area contributed by atoms with Gasteiger partial charge in [-0.15, -0.1) is 0 Å². The maximum Gasteiger partial charge on any atom is 0.260 e. The molecule has 0 bridgehead atoms. The van der Waals surface area contributed by atoms with Crippen LogP contribution in [0.1, 0.15) is 15.9 Å². The summed E-state index contributed by atoms with van der Waals surface area (Å²) in [6.07, 6.45) is 1.47. The summed E-state index contributed by atoms with van der Waals surface area (Å²) in [4.78, 5) is 20.1. The highest BCUT2D eigenvalue weighted by molar-refractivity contribution is 9.11. The van der Waals surface area contributed by atoms with Crippen LogP contribution in [0.25, 0.3) is 0 Å². The number of phenolic OH excluding ortho intramolecular Hbond substituents is 1. The van der Waals surface area contributed by atoms with Crippen LogP contribution in [0.2, 0.25) is 0 Å².